The molecule has 0 aliphatic carbocycles. The average molecular weight is 574 g/mol. The fraction of sp³-hybridized carbons (Fsp3) is 0.400. The fourth-order valence-electron chi connectivity index (χ4n) is 2.43. The van der Waals surface area contributed by atoms with Crippen LogP contribution in [-0.4, -0.2) is 29.2 Å². The molecule has 23 heavy (non-hydrogen) atoms. The summed E-state index contributed by atoms with van der Waals surface area (Å²) in [6.07, 6.45) is 1.66. The van der Waals surface area contributed by atoms with Gasteiger partial charge in [-0.15, -0.1) is 0 Å². The number of nitrogens with two attached hydrogens (primary N) is 1. The fourth-order valence-corrected chi connectivity index (χ4v) is 2.43. The van der Waals surface area contributed by atoms with E-state index < -0.39 is 24.2 Å². The average Bonchev–Trinajstić information content (AvgIpc) is 2.90. The Labute approximate surface area is 171 Å². The Bertz CT molecular complexity index is 717. The van der Waals surface area contributed by atoms with E-state index in [-0.39, 0.29) is 49.7 Å². The number of amides is 1. The zero-order chi connectivity index (χ0) is 15.4. The Morgan fingerprint density at radius 2 is 1.78 bits per heavy atom. The van der Waals surface area contributed by atoms with E-state index in [1.807, 2.05) is 33.8 Å². The summed E-state index contributed by atoms with van der Waals surface area (Å²) in [5, 5.41) is 0.788. The van der Waals surface area contributed by atoms with E-state index in [1.165, 1.54) is 0 Å². The monoisotopic (exact) mass is 574 g/mol. The maximum absolute atomic E-state index is 11.6. The third-order valence-corrected chi connectivity index (χ3v) is 4.40. The number of fused-ring (bicyclic) bond motifs is 1. The molecule has 1 radical (unpaired) electrons. The Morgan fingerprint density at radius 3 is 2.30 bits per heavy atom. The molecule has 0 bridgehead atoms. The number of nitrogens with one attached hydrogen (secondary N) is 1. The van der Waals surface area contributed by atoms with Gasteiger partial charge in [-0.2, -0.15) is 17.5 Å². The summed E-state index contributed by atoms with van der Waals surface area (Å²) in [4.78, 5) is 14.6. The Kier molecular flexibility index (Phi) is 6.36. The van der Waals surface area contributed by atoms with Crippen molar-refractivity contribution >= 4 is 29.4 Å². The molecule has 1 aromatic heterocycles. The summed E-state index contributed by atoms with van der Waals surface area (Å²) in [6.45, 7) is 7.96. The number of aromatic nitrogens is 1. The minimum absolute atomic E-state index is 0. The van der Waals surface area contributed by atoms with E-state index >= 15 is 0 Å². The second-order valence-electron chi connectivity index (χ2n) is 6.38. The van der Waals surface area contributed by atoms with Gasteiger partial charge < -0.3 is 20.0 Å². The van der Waals surface area contributed by atoms with Gasteiger partial charge in [0.1, 0.15) is 0 Å². The zero-order valence-corrected chi connectivity index (χ0v) is 19.1. The van der Waals surface area contributed by atoms with Crippen molar-refractivity contribution in [2.45, 2.75) is 38.9 Å². The molecule has 1 saturated heterocycles. The number of hydrogen-bond donors (Lipinski definition) is 2. The third kappa shape index (κ3) is 3.61. The first-order valence-electron chi connectivity index (χ1n) is 6.89. The van der Waals surface area contributed by atoms with Gasteiger partial charge in [-0.25, -0.2) is 0 Å². The summed E-state index contributed by atoms with van der Waals surface area (Å²) in [7, 11) is -0.527. The first-order chi connectivity index (χ1) is 9.71. The minimum atomic E-state index is -0.527. The predicted molar refractivity (Wildman–Crippen MR) is 81.4 cm³/mol. The van der Waals surface area contributed by atoms with Crippen molar-refractivity contribution in [1.29, 1.82) is 0 Å². The largest absolute Gasteiger partial charge is 0.481 e. The first kappa shape index (κ1) is 20.9. The van der Waals surface area contributed by atoms with Crippen molar-refractivity contribution in [1.82, 2.24) is 4.98 Å². The van der Waals surface area contributed by atoms with Crippen LogP contribution >= 0.6 is 0 Å². The quantitative estimate of drug-likeness (QED) is 0.421. The van der Waals surface area contributed by atoms with Crippen LogP contribution in [0.1, 0.15) is 38.1 Å². The van der Waals surface area contributed by atoms with Crippen LogP contribution in [0.25, 0.3) is 10.9 Å². The maximum Gasteiger partial charge on any atom is 0.481 e. The van der Waals surface area contributed by atoms with Crippen molar-refractivity contribution in [3.8, 4) is 0 Å². The van der Waals surface area contributed by atoms with Gasteiger partial charge in [-0.1, -0.05) is 23.2 Å². The summed E-state index contributed by atoms with van der Waals surface area (Å²) in [5.74, 6) is -0.491. The molecule has 1 fully saturated rings. The molecular formula is C15H18BN2O3UV-. The molecule has 1 aliphatic rings. The maximum atomic E-state index is 11.6. The van der Waals surface area contributed by atoms with Crippen molar-refractivity contribution in [2.24, 2.45) is 5.73 Å². The smallest absolute Gasteiger partial charge is 0.423 e. The van der Waals surface area contributed by atoms with Crippen LogP contribution in [0, 0.1) is 37.2 Å². The van der Waals surface area contributed by atoms with Gasteiger partial charge in [0.05, 0.1) is 11.2 Å². The standard InChI is InChI=1S/C15H18BN2O3.U.V/c1-14(2)15(3,4)21-16(20-14)10-7-9-5-6-18-12(9)11(8-10)13(17)19;;/h6-8,18H,1-4H3,(H2,17,19);;/q-1;;. The second kappa shape index (κ2) is 7.00. The van der Waals surface area contributed by atoms with Crippen LogP contribution in [0.4, 0.5) is 0 Å². The molecule has 8 heteroatoms. The molecule has 119 valence electrons. The number of hydrogen-bond acceptors (Lipinski definition) is 3. The van der Waals surface area contributed by atoms with E-state index in [4.69, 9.17) is 15.0 Å². The number of carbonyl (C=O) groups is 1. The van der Waals surface area contributed by atoms with E-state index in [9.17, 15) is 4.79 Å². The van der Waals surface area contributed by atoms with Gasteiger partial charge in [-0.3, -0.25) is 4.79 Å². The molecule has 0 saturated carbocycles. The molecule has 2 heterocycles. The van der Waals surface area contributed by atoms with Crippen LogP contribution in [-0.2, 0) is 27.9 Å². The Morgan fingerprint density at radius 1 is 1.22 bits per heavy atom. The van der Waals surface area contributed by atoms with Crippen LogP contribution < -0.4 is 11.2 Å². The van der Waals surface area contributed by atoms with Crippen LogP contribution in [0.2, 0.25) is 0 Å². The van der Waals surface area contributed by atoms with Crippen molar-refractivity contribution in [3.63, 3.8) is 0 Å². The molecule has 3 rings (SSSR count). The number of primary amides is 1. The molecule has 2 aromatic rings. The Balaban J connectivity index is 0.00000132. The van der Waals surface area contributed by atoms with E-state index in [0.29, 0.717) is 11.1 Å². The molecule has 1 aromatic carbocycles. The molecule has 0 unspecified atom stereocenters. The molecule has 0 atom stereocenters. The Hall–Kier alpha value is -0.149. The van der Waals surface area contributed by atoms with Crippen molar-refractivity contribution in [3.05, 3.63) is 30.0 Å². The van der Waals surface area contributed by atoms with E-state index in [0.717, 1.165) is 10.8 Å². The van der Waals surface area contributed by atoms with Crippen LogP contribution in [0.15, 0.2) is 18.3 Å². The molecule has 5 nitrogen and oxygen atoms in total. The number of carbonyl (C=O) groups excluding carboxylic acids is 1. The minimum Gasteiger partial charge on any atom is -0.423 e. The molecule has 3 N–H and O–H groups in total. The van der Waals surface area contributed by atoms with Gasteiger partial charge >= 0.3 is 7.12 Å². The van der Waals surface area contributed by atoms with Crippen molar-refractivity contribution in [2.75, 3.05) is 0 Å². The number of aromatic amines is 1. The SMILES string of the molecule is CC1(C)OB(c2cc(C(N)=O)c3[nH]c[c-]c3c2)OC1(C)C.[U].[V]. The third-order valence-electron chi connectivity index (χ3n) is 4.40. The molecule has 1 aliphatic heterocycles. The number of H-pyrrole nitrogens is 1. The molecule has 1 amide bonds. The molecule has 0 spiro atoms. The van der Waals surface area contributed by atoms with E-state index in [2.05, 4.69) is 11.1 Å². The van der Waals surface area contributed by atoms with E-state index in [1.54, 1.807) is 12.3 Å². The van der Waals surface area contributed by atoms with Crippen LogP contribution in [0.3, 0.4) is 0 Å². The molecular weight excluding hydrogens is 556 g/mol. The zero-order valence-electron chi connectivity index (χ0n) is 13.6. The summed E-state index contributed by atoms with van der Waals surface area (Å²) < 4.78 is 12.0. The first-order valence-corrected chi connectivity index (χ1v) is 6.89. The summed E-state index contributed by atoms with van der Waals surface area (Å²) in [6, 6.07) is 6.67. The van der Waals surface area contributed by atoms with Crippen LogP contribution in [0.5, 0.6) is 0 Å². The van der Waals surface area contributed by atoms with Gasteiger partial charge in [0.25, 0.3) is 0 Å². The van der Waals surface area contributed by atoms with Gasteiger partial charge in [-0.05, 0) is 27.7 Å². The van der Waals surface area contributed by atoms with Gasteiger partial charge in [0.2, 0.25) is 5.91 Å². The van der Waals surface area contributed by atoms with Gasteiger partial charge in [0, 0.05) is 55.2 Å². The summed E-state index contributed by atoms with van der Waals surface area (Å²) in [5.41, 5.74) is 6.47. The predicted octanol–water partition coefficient (Wildman–Crippen LogP) is 1.36. The van der Waals surface area contributed by atoms with Crippen molar-refractivity contribution < 1.29 is 63.8 Å². The normalized spacial score (nSPS) is 18.3. The topological polar surface area (TPSA) is 77.3 Å². The van der Waals surface area contributed by atoms with Gasteiger partial charge in [0.15, 0.2) is 0 Å². The number of rotatable bonds is 2. The summed E-state index contributed by atoms with van der Waals surface area (Å²) >= 11 is 0. The number of benzene rings is 1. The second-order valence-corrected chi connectivity index (χ2v) is 6.38.